The predicted octanol–water partition coefficient (Wildman–Crippen LogP) is 3.08. The van der Waals surface area contributed by atoms with Crippen molar-refractivity contribution < 1.29 is 14.3 Å². The minimum absolute atomic E-state index is 0.0314. The first kappa shape index (κ1) is 15.8. The highest BCUT2D eigenvalue weighted by Gasteiger charge is 2.22. The predicted molar refractivity (Wildman–Crippen MR) is 87.7 cm³/mol. The molecule has 2 aliphatic rings. The molecule has 2 atom stereocenters. The first-order chi connectivity index (χ1) is 11.2. The molecule has 0 spiro atoms. The summed E-state index contributed by atoms with van der Waals surface area (Å²) in [5.41, 5.74) is 2.49. The highest BCUT2D eigenvalue weighted by Crippen LogP contribution is 2.29. The Labute approximate surface area is 136 Å². The van der Waals surface area contributed by atoms with Gasteiger partial charge in [0.15, 0.2) is 6.61 Å². The number of esters is 1. The maximum absolute atomic E-state index is 12.1. The number of aryl methyl sites for hydroxylation is 1. The third-order valence-electron chi connectivity index (χ3n) is 4.61. The number of hydrogen-bond donors (Lipinski definition) is 1. The van der Waals surface area contributed by atoms with E-state index in [1.165, 1.54) is 11.1 Å². The van der Waals surface area contributed by atoms with Crippen molar-refractivity contribution in [2.75, 3.05) is 6.61 Å². The van der Waals surface area contributed by atoms with Crippen LogP contribution in [0.15, 0.2) is 36.4 Å². The van der Waals surface area contributed by atoms with E-state index in [-0.39, 0.29) is 30.4 Å². The van der Waals surface area contributed by atoms with E-state index in [1.807, 2.05) is 12.1 Å². The molecule has 0 saturated carbocycles. The molecular formula is C19H23NO3. The van der Waals surface area contributed by atoms with E-state index in [4.69, 9.17) is 4.74 Å². The number of nitrogens with one attached hydrogen (secondary N) is 1. The van der Waals surface area contributed by atoms with Crippen LogP contribution in [0.5, 0.6) is 0 Å². The molecule has 0 aromatic heterocycles. The molecule has 1 amide bonds. The third-order valence-corrected chi connectivity index (χ3v) is 4.61. The number of carbonyl (C=O) groups excluding carboxylic acids is 2. The van der Waals surface area contributed by atoms with Crippen molar-refractivity contribution in [1.29, 1.82) is 0 Å². The molecule has 0 aliphatic heterocycles. The molecule has 0 fully saturated rings. The summed E-state index contributed by atoms with van der Waals surface area (Å²) in [6.07, 6.45) is 9.60. The lowest BCUT2D eigenvalue weighted by atomic mass is 9.88. The number of ether oxygens (including phenoxy) is 1. The maximum Gasteiger partial charge on any atom is 0.306 e. The smallest absolute Gasteiger partial charge is 0.306 e. The van der Waals surface area contributed by atoms with Gasteiger partial charge in [0.1, 0.15) is 0 Å². The van der Waals surface area contributed by atoms with E-state index < -0.39 is 0 Å². The maximum atomic E-state index is 12.1. The highest BCUT2D eigenvalue weighted by molar-refractivity contribution is 5.81. The molecule has 0 bridgehead atoms. The number of allylic oxidation sites excluding steroid dienone is 2. The van der Waals surface area contributed by atoms with Crippen molar-refractivity contribution in [3.05, 3.63) is 47.5 Å². The number of rotatable bonds is 5. The van der Waals surface area contributed by atoms with Gasteiger partial charge in [0.2, 0.25) is 0 Å². The van der Waals surface area contributed by atoms with Crippen LogP contribution >= 0.6 is 0 Å². The van der Waals surface area contributed by atoms with E-state index in [0.717, 1.165) is 32.1 Å². The van der Waals surface area contributed by atoms with Gasteiger partial charge in [0.05, 0.1) is 12.5 Å². The van der Waals surface area contributed by atoms with Crippen LogP contribution in [0.2, 0.25) is 0 Å². The number of carbonyl (C=O) groups is 2. The Morgan fingerprint density at radius 1 is 1.22 bits per heavy atom. The standard InChI is InChI=1S/C19H23NO3/c21-18(13-23-19(22)12-14-6-1-2-7-14)20-17-11-5-9-15-8-3-4-10-16(15)17/h1,3-4,6,8,10,14,17H,2,5,7,9,11-13H2,(H,20,21)/t14-,17-/m0/s1. The first-order valence-electron chi connectivity index (χ1n) is 8.42. The van der Waals surface area contributed by atoms with Gasteiger partial charge in [0.25, 0.3) is 5.91 Å². The van der Waals surface area contributed by atoms with Crippen molar-refractivity contribution in [1.82, 2.24) is 5.32 Å². The third kappa shape index (κ3) is 4.21. The summed E-state index contributed by atoms with van der Waals surface area (Å²) in [6.45, 7) is -0.187. The topological polar surface area (TPSA) is 55.4 Å². The Morgan fingerprint density at radius 3 is 2.91 bits per heavy atom. The van der Waals surface area contributed by atoms with Gasteiger partial charge in [-0.25, -0.2) is 0 Å². The SMILES string of the molecule is O=C(COC(=O)C[C@H]1C=CCC1)N[C@H]1CCCc2ccccc21. The van der Waals surface area contributed by atoms with Crippen molar-refractivity contribution in [2.24, 2.45) is 5.92 Å². The minimum atomic E-state index is -0.291. The summed E-state index contributed by atoms with van der Waals surface area (Å²) < 4.78 is 5.11. The summed E-state index contributed by atoms with van der Waals surface area (Å²) in [7, 11) is 0. The molecule has 4 nitrogen and oxygen atoms in total. The second-order valence-corrected chi connectivity index (χ2v) is 6.34. The number of benzene rings is 1. The fourth-order valence-corrected chi connectivity index (χ4v) is 3.42. The number of amides is 1. The zero-order valence-corrected chi connectivity index (χ0v) is 13.3. The highest BCUT2D eigenvalue weighted by atomic mass is 16.5. The van der Waals surface area contributed by atoms with Crippen molar-refractivity contribution in [3.63, 3.8) is 0 Å². The van der Waals surface area contributed by atoms with Gasteiger partial charge in [-0.2, -0.15) is 0 Å². The lowest BCUT2D eigenvalue weighted by Gasteiger charge is -2.26. The molecule has 0 heterocycles. The lowest BCUT2D eigenvalue weighted by molar-refractivity contribution is -0.149. The molecule has 2 aliphatic carbocycles. The van der Waals surface area contributed by atoms with Gasteiger partial charge in [-0.15, -0.1) is 0 Å². The van der Waals surface area contributed by atoms with Gasteiger partial charge < -0.3 is 10.1 Å². The largest absolute Gasteiger partial charge is 0.456 e. The summed E-state index contributed by atoms with van der Waals surface area (Å²) in [5, 5.41) is 2.99. The van der Waals surface area contributed by atoms with Gasteiger partial charge in [-0.1, -0.05) is 36.4 Å². The second-order valence-electron chi connectivity index (χ2n) is 6.34. The van der Waals surface area contributed by atoms with Crippen LogP contribution in [0, 0.1) is 5.92 Å². The molecule has 1 aromatic rings. The fourth-order valence-electron chi connectivity index (χ4n) is 3.42. The molecule has 0 saturated heterocycles. The molecular weight excluding hydrogens is 290 g/mol. The molecule has 1 N–H and O–H groups in total. The van der Waals surface area contributed by atoms with Crippen molar-refractivity contribution in [3.8, 4) is 0 Å². The van der Waals surface area contributed by atoms with Crippen LogP contribution in [0.3, 0.4) is 0 Å². The minimum Gasteiger partial charge on any atom is -0.456 e. The Kier molecular flexibility index (Phi) is 5.11. The van der Waals surface area contributed by atoms with E-state index >= 15 is 0 Å². The molecule has 4 heteroatoms. The van der Waals surface area contributed by atoms with E-state index in [2.05, 4.69) is 29.6 Å². The van der Waals surface area contributed by atoms with Crippen LogP contribution in [0.1, 0.15) is 49.3 Å². The zero-order chi connectivity index (χ0) is 16.1. The van der Waals surface area contributed by atoms with E-state index in [0.29, 0.717) is 6.42 Å². The second kappa shape index (κ2) is 7.44. The summed E-state index contributed by atoms with van der Waals surface area (Å²) in [5.74, 6) is -0.237. The summed E-state index contributed by atoms with van der Waals surface area (Å²) in [6, 6.07) is 8.24. The van der Waals surface area contributed by atoms with E-state index in [1.54, 1.807) is 0 Å². The van der Waals surface area contributed by atoms with Crippen LogP contribution < -0.4 is 5.32 Å². The number of fused-ring (bicyclic) bond motifs is 1. The Balaban J connectivity index is 1.46. The fraction of sp³-hybridized carbons (Fsp3) is 0.474. The van der Waals surface area contributed by atoms with Gasteiger partial charge in [-0.05, 0) is 49.1 Å². The monoisotopic (exact) mass is 313 g/mol. The zero-order valence-electron chi connectivity index (χ0n) is 13.3. The Morgan fingerprint density at radius 2 is 2.09 bits per heavy atom. The lowest BCUT2D eigenvalue weighted by Crippen LogP contribution is -2.34. The molecule has 0 radical (unpaired) electrons. The molecule has 3 rings (SSSR count). The van der Waals surface area contributed by atoms with Crippen LogP contribution in [0.4, 0.5) is 0 Å². The van der Waals surface area contributed by atoms with Crippen molar-refractivity contribution >= 4 is 11.9 Å². The molecule has 1 aromatic carbocycles. The quantitative estimate of drug-likeness (QED) is 0.671. The average Bonchev–Trinajstić information content (AvgIpc) is 3.06. The van der Waals surface area contributed by atoms with Crippen LogP contribution in [-0.4, -0.2) is 18.5 Å². The van der Waals surface area contributed by atoms with Crippen LogP contribution in [0.25, 0.3) is 0 Å². The molecule has 0 unspecified atom stereocenters. The summed E-state index contributed by atoms with van der Waals surface area (Å²) >= 11 is 0. The van der Waals surface area contributed by atoms with Crippen molar-refractivity contribution in [2.45, 2.75) is 44.6 Å². The molecule has 122 valence electrons. The molecule has 23 heavy (non-hydrogen) atoms. The Bertz CT molecular complexity index is 608. The first-order valence-corrected chi connectivity index (χ1v) is 8.42. The van der Waals surface area contributed by atoms with Gasteiger partial charge >= 0.3 is 5.97 Å². The average molecular weight is 313 g/mol. The van der Waals surface area contributed by atoms with Gasteiger partial charge in [-0.3, -0.25) is 9.59 Å². The normalized spacial score (nSPS) is 22.4. The number of hydrogen-bond acceptors (Lipinski definition) is 3. The van der Waals surface area contributed by atoms with Gasteiger partial charge in [0, 0.05) is 0 Å². The summed E-state index contributed by atoms with van der Waals surface area (Å²) in [4.78, 5) is 23.8. The van der Waals surface area contributed by atoms with Crippen LogP contribution in [-0.2, 0) is 20.7 Å². The Hall–Kier alpha value is -2.10. The van der Waals surface area contributed by atoms with E-state index in [9.17, 15) is 9.59 Å².